The Bertz CT molecular complexity index is 1170. The van der Waals surface area contributed by atoms with E-state index in [1.165, 1.54) is 12.1 Å². The number of rotatable bonds is 3. The zero-order valence-electron chi connectivity index (χ0n) is 13.8. The summed E-state index contributed by atoms with van der Waals surface area (Å²) in [6, 6.07) is 11.1. The first-order valence-electron chi connectivity index (χ1n) is 7.84. The number of anilines is 1. The summed E-state index contributed by atoms with van der Waals surface area (Å²) in [5, 5.41) is 22.4. The number of nitro groups is 2. The van der Waals surface area contributed by atoms with Crippen LogP contribution in [0.1, 0.15) is 20.7 Å². The second kappa shape index (κ2) is 6.20. The lowest BCUT2D eigenvalue weighted by atomic mass is 9.91. The minimum atomic E-state index is -0.773. The predicted molar refractivity (Wildman–Crippen MR) is 103 cm³/mol. The number of hydrogen-bond donors (Lipinski definition) is 0. The molecule has 0 bridgehead atoms. The van der Waals surface area contributed by atoms with Gasteiger partial charge >= 0.3 is 0 Å². The lowest BCUT2D eigenvalue weighted by Gasteiger charge is -2.27. The van der Waals surface area contributed by atoms with Crippen LogP contribution in [-0.4, -0.2) is 21.7 Å². The molecule has 0 unspecified atom stereocenters. The summed E-state index contributed by atoms with van der Waals surface area (Å²) in [7, 11) is 0. The first-order valence-corrected chi connectivity index (χ1v) is 8.64. The maximum atomic E-state index is 13.1. The fourth-order valence-electron chi connectivity index (χ4n) is 3.31. The van der Waals surface area contributed by atoms with Gasteiger partial charge in [-0.2, -0.15) is 0 Å². The molecule has 10 heteroatoms. The highest BCUT2D eigenvalue weighted by atomic mass is 79.9. The summed E-state index contributed by atoms with van der Waals surface area (Å²) < 4.78 is 0.500. The number of non-ortho nitro benzene ring substituents is 2. The van der Waals surface area contributed by atoms with Crippen molar-refractivity contribution in [3.63, 3.8) is 0 Å². The third-order valence-electron chi connectivity index (χ3n) is 4.47. The Morgan fingerprint density at radius 1 is 0.750 bits per heavy atom. The average Bonchev–Trinajstić information content (AvgIpc) is 2.66. The van der Waals surface area contributed by atoms with Gasteiger partial charge in [0.1, 0.15) is 5.39 Å². The van der Waals surface area contributed by atoms with Gasteiger partial charge < -0.3 is 0 Å². The van der Waals surface area contributed by atoms with Gasteiger partial charge in [-0.25, -0.2) is 4.90 Å². The Kier molecular flexibility index (Phi) is 3.93. The van der Waals surface area contributed by atoms with Gasteiger partial charge in [0.05, 0.1) is 15.5 Å². The minimum Gasteiger partial charge on any atom is -0.268 e. The molecule has 4 rings (SSSR count). The smallest absolute Gasteiger partial charge is 0.268 e. The van der Waals surface area contributed by atoms with Crippen molar-refractivity contribution >= 4 is 55.6 Å². The molecule has 0 saturated carbocycles. The SMILES string of the molecule is O=C1c2ccc([N+](=O)[O-])c3c([N+](=O)[O-])ccc(c23)C(=O)N1c1ccccc1Br. The number of benzene rings is 3. The highest BCUT2D eigenvalue weighted by molar-refractivity contribution is 9.10. The number of carbonyl (C=O) groups excluding carboxylic acids is 2. The molecule has 138 valence electrons. The molecule has 0 atom stereocenters. The van der Waals surface area contributed by atoms with Crippen molar-refractivity contribution in [3.05, 3.63) is 84.4 Å². The van der Waals surface area contributed by atoms with Crippen molar-refractivity contribution in [3.8, 4) is 0 Å². The van der Waals surface area contributed by atoms with E-state index in [1.807, 2.05) is 0 Å². The third kappa shape index (κ3) is 2.38. The monoisotopic (exact) mass is 441 g/mol. The number of nitrogens with zero attached hydrogens (tertiary/aromatic N) is 3. The van der Waals surface area contributed by atoms with Gasteiger partial charge in [-0.1, -0.05) is 12.1 Å². The van der Waals surface area contributed by atoms with Crippen molar-refractivity contribution in [2.75, 3.05) is 4.90 Å². The van der Waals surface area contributed by atoms with E-state index in [9.17, 15) is 29.8 Å². The third-order valence-corrected chi connectivity index (χ3v) is 5.14. The van der Waals surface area contributed by atoms with E-state index in [0.717, 1.165) is 17.0 Å². The predicted octanol–water partition coefficient (Wildman–Crippen LogP) is 4.22. The summed E-state index contributed by atoms with van der Waals surface area (Å²) in [5.41, 5.74) is -0.818. The topological polar surface area (TPSA) is 124 Å². The van der Waals surface area contributed by atoms with Crippen LogP contribution >= 0.6 is 15.9 Å². The summed E-state index contributed by atoms with van der Waals surface area (Å²) in [5.74, 6) is -1.44. The van der Waals surface area contributed by atoms with Gasteiger partial charge in [-0.3, -0.25) is 29.8 Å². The van der Waals surface area contributed by atoms with Crippen molar-refractivity contribution in [2.45, 2.75) is 0 Å². The molecule has 0 spiro atoms. The van der Waals surface area contributed by atoms with Gasteiger partial charge in [-0.15, -0.1) is 0 Å². The number of halogens is 1. The maximum absolute atomic E-state index is 13.1. The van der Waals surface area contributed by atoms with E-state index in [-0.39, 0.29) is 21.9 Å². The number of nitro benzene ring substituents is 2. The first kappa shape index (κ1) is 17.7. The molecule has 9 nitrogen and oxygen atoms in total. The highest BCUT2D eigenvalue weighted by Crippen LogP contribution is 2.42. The van der Waals surface area contributed by atoms with Gasteiger partial charge in [0.2, 0.25) is 0 Å². The van der Waals surface area contributed by atoms with Crippen LogP contribution in [0.4, 0.5) is 17.1 Å². The van der Waals surface area contributed by atoms with E-state index in [2.05, 4.69) is 15.9 Å². The molecule has 1 aliphatic rings. The minimum absolute atomic E-state index is 0.0188. The second-order valence-electron chi connectivity index (χ2n) is 5.93. The normalized spacial score (nSPS) is 13.1. The van der Waals surface area contributed by atoms with E-state index in [4.69, 9.17) is 0 Å². The highest BCUT2D eigenvalue weighted by Gasteiger charge is 2.38. The van der Waals surface area contributed by atoms with Crippen LogP contribution in [-0.2, 0) is 0 Å². The van der Waals surface area contributed by atoms with Crippen LogP contribution in [0.15, 0.2) is 53.0 Å². The fourth-order valence-corrected chi connectivity index (χ4v) is 3.77. The number of imide groups is 1. The number of hydrogen-bond acceptors (Lipinski definition) is 6. The van der Waals surface area contributed by atoms with Gasteiger partial charge in [0.25, 0.3) is 23.2 Å². The van der Waals surface area contributed by atoms with Crippen molar-refractivity contribution in [2.24, 2.45) is 0 Å². The molecule has 1 aliphatic heterocycles. The quantitative estimate of drug-likeness (QED) is 0.340. The molecule has 0 saturated heterocycles. The van der Waals surface area contributed by atoms with E-state index in [1.54, 1.807) is 24.3 Å². The lowest BCUT2D eigenvalue weighted by Crippen LogP contribution is -2.40. The van der Waals surface area contributed by atoms with Crippen molar-refractivity contribution in [1.82, 2.24) is 0 Å². The average molecular weight is 442 g/mol. The summed E-state index contributed by atoms with van der Waals surface area (Å²) in [6.45, 7) is 0. The molecule has 0 aliphatic carbocycles. The molecule has 28 heavy (non-hydrogen) atoms. The lowest BCUT2D eigenvalue weighted by molar-refractivity contribution is -0.390. The van der Waals surface area contributed by atoms with Crippen molar-refractivity contribution < 1.29 is 19.4 Å². The molecule has 0 fully saturated rings. The Hall–Kier alpha value is -3.66. The molecular weight excluding hydrogens is 434 g/mol. The largest absolute Gasteiger partial charge is 0.284 e. The van der Waals surface area contributed by atoms with Crippen LogP contribution in [0.5, 0.6) is 0 Å². The van der Waals surface area contributed by atoms with Crippen LogP contribution in [0.3, 0.4) is 0 Å². The molecule has 0 aromatic heterocycles. The number of amides is 2. The molecule has 0 N–H and O–H groups in total. The summed E-state index contributed by atoms with van der Waals surface area (Å²) in [4.78, 5) is 48.4. The molecule has 3 aromatic carbocycles. The van der Waals surface area contributed by atoms with E-state index in [0.29, 0.717) is 10.2 Å². The Balaban J connectivity index is 2.09. The molecule has 2 amide bonds. The van der Waals surface area contributed by atoms with E-state index < -0.39 is 33.0 Å². The van der Waals surface area contributed by atoms with Gasteiger partial charge in [0, 0.05) is 33.1 Å². The number of carbonyl (C=O) groups is 2. The summed E-state index contributed by atoms with van der Waals surface area (Å²) >= 11 is 3.30. The van der Waals surface area contributed by atoms with Crippen LogP contribution < -0.4 is 4.90 Å². The molecular formula is C18H8BrN3O6. The van der Waals surface area contributed by atoms with Gasteiger partial charge in [-0.05, 0) is 40.2 Å². The van der Waals surface area contributed by atoms with E-state index >= 15 is 0 Å². The van der Waals surface area contributed by atoms with Crippen LogP contribution in [0.2, 0.25) is 0 Å². The summed E-state index contributed by atoms with van der Waals surface area (Å²) in [6.07, 6.45) is 0. The maximum Gasteiger partial charge on any atom is 0.284 e. The molecule has 1 heterocycles. The Labute approximate surface area is 164 Å². The zero-order chi connectivity index (χ0) is 20.2. The second-order valence-corrected chi connectivity index (χ2v) is 6.78. The van der Waals surface area contributed by atoms with Crippen molar-refractivity contribution in [1.29, 1.82) is 0 Å². The number of para-hydroxylation sites is 1. The molecule has 0 radical (unpaired) electrons. The fraction of sp³-hybridized carbons (Fsp3) is 0. The first-order chi connectivity index (χ1) is 13.3. The Morgan fingerprint density at radius 2 is 1.25 bits per heavy atom. The zero-order valence-corrected chi connectivity index (χ0v) is 15.4. The van der Waals surface area contributed by atoms with Crippen LogP contribution in [0.25, 0.3) is 10.8 Å². The van der Waals surface area contributed by atoms with Gasteiger partial charge in [0.15, 0.2) is 0 Å². The Morgan fingerprint density at radius 3 is 1.71 bits per heavy atom. The molecule has 3 aromatic rings. The van der Waals surface area contributed by atoms with Crippen LogP contribution in [0, 0.1) is 20.2 Å². The standard InChI is InChI=1S/C18H8BrN3O6/c19-11-3-1-2-4-12(11)20-17(23)9-5-7-13(21(25)26)16-14(22(27)28)8-6-10(15(9)16)18(20)24/h1-8H.